The standard InChI is InChI=1S/C41H27N3O/c1-26-23-29(25-30(24-26)44-34-20-10-8-17-32(34)33-18-9-11-21-35(33)44)31-19-12-22-36-37(31)39-40(45-36)38(27-13-4-2-5-14-27)42-41(43-39)28-15-6-3-7-16-28/h2-25H,1H3. The van der Waals surface area contributed by atoms with Crippen LogP contribution in [0, 0.1) is 6.92 Å². The van der Waals surface area contributed by atoms with Gasteiger partial charge >= 0.3 is 0 Å². The summed E-state index contributed by atoms with van der Waals surface area (Å²) in [6.07, 6.45) is 0. The molecule has 0 spiro atoms. The SMILES string of the molecule is Cc1cc(-c2cccc3oc4c(-c5ccccc5)nc(-c5ccccc5)nc4c23)cc(-n2c3ccccc3c3ccccc32)c1. The van der Waals surface area contributed by atoms with Crippen LogP contribution in [0.25, 0.3) is 83.3 Å². The lowest BCUT2D eigenvalue weighted by molar-refractivity contribution is 0.667. The van der Waals surface area contributed by atoms with Gasteiger partial charge in [-0.15, -0.1) is 0 Å². The van der Waals surface area contributed by atoms with Crippen LogP contribution in [0.1, 0.15) is 5.56 Å². The summed E-state index contributed by atoms with van der Waals surface area (Å²) in [6, 6.07) is 50.7. The molecule has 0 aliphatic rings. The van der Waals surface area contributed by atoms with Crippen LogP contribution in [-0.4, -0.2) is 14.5 Å². The smallest absolute Gasteiger partial charge is 0.180 e. The van der Waals surface area contributed by atoms with Crippen molar-refractivity contribution in [3.05, 3.63) is 151 Å². The summed E-state index contributed by atoms with van der Waals surface area (Å²) in [5.74, 6) is 0.676. The molecule has 6 aromatic carbocycles. The minimum Gasteiger partial charge on any atom is -0.452 e. The predicted octanol–water partition coefficient (Wildman–Crippen LogP) is 10.8. The lowest BCUT2D eigenvalue weighted by atomic mass is 9.98. The van der Waals surface area contributed by atoms with Gasteiger partial charge in [-0.1, -0.05) is 115 Å². The van der Waals surface area contributed by atoms with Crippen molar-refractivity contribution in [1.29, 1.82) is 0 Å². The molecule has 9 rings (SSSR count). The van der Waals surface area contributed by atoms with Crippen LogP contribution in [-0.2, 0) is 0 Å². The molecule has 0 aliphatic heterocycles. The highest BCUT2D eigenvalue weighted by atomic mass is 16.3. The van der Waals surface area contributed by atoms with Crippen LogP contribution in [0.5, 0.6) is 0 Å². The van der Waals surface area contributed by atoms with Crippen molar-refractivity contribution < 1.29 is 4.42 Å². The normalized spacial score (nSPS) is 11.7. The molecule has 0 atom stereocenters. The summed E-state index contributed by atoms with van der Waals surface area (Å²) < 4.78 is 8.98. The molecule has 0 radical (unpaired) electrons. The fourth-order valence-corrected chi connectivity index (χ4v) is 6.68. The van der Waals surface area contributed by atoms with Crippen LogP contribution in [0.4, 0.5) is 0 Å². The number of fused-ring (bicyclic) bond motifs is 6. The molecule has 9 aromatic rings. The van der Waals surface area contributed by atoms with Crippen molar-refractivity contribution in [1.82, 2.24) is 14.5 Å². The zero-order chi connectivity index (χ0) is 29.9. The number of benzene rings is 6. The van der Waals surface area contributed by atoms with Crippen LogP contribution in [0.3, 0.4) is 0 Å². The van der Waals surface area contributed by atoms with Crippen LogP contribution < -0.4 is 0 Å². The molecular formula is C41H27N3O. The maximum atomic E-state index is 6.61. The Morgan fingerprint density at radius 1 is 0.556 bits per heavy atom. The molecule has 0 unspecified atom stereocenters. The second-order valence-corrected chi connectivity index (χ2v) is 11.5. The minimum atomic E-state index is 0.676. The molecule has 4 heteroatoms. The van der Waals surface area contributed by atoms with E-state index in [0.29, 0.717) is 11.4 Å². The molecule has 0 amide bonds. The van der Waals surface area contributed by atoms with E-state index in [9.17, 15) is 0 Å². The van der Waals surface area contributed by atoms with E-state index in [1.165, 1.54) is 27.4 Å². The first kappa shape index (κ1) is 25.5. The molecule has 45 heavy (non-hydrogen) atoms. The summed E-state index contributed by atoms with van der Waals surface area (Å²) >= 11 is 0. The number of para-hydroxylation sites is 2. The van der Waals surface area contributed by atoms with Gasteiger partial charge in [0.05, 0.1) is 16.4 Å². The highest BCUT2D eigenvalue weighted by Gasteiger charge is 2.21. The van der Waals surface area contributed by atoms with Gasteiger partial charge in [-0.2, -0.15) is 0 Å². The summed E-state index contributed by atoms with van der Waals surface area (Å²) in [4.78, 5) is 10.2. The lowest BCUT2D eigenvalue weighted by Crippen LogP contribution is -1.96. The lowest BCUT2D eigenvalue weighted by Gasteiger charge is -2.13. The molecule has 0 saturated carbocycles. The van der Waals surface area contributed by atoms with Gasteiger partial charge in [-0.05, 0) is 53.9 Å². The van der Waals surface area contributed by atoms with Gasteiger partial charge in [0.2, 0.25) is 0 Å². The number of furan rings is 1. The fourth-order valence-electron chi connectivity index (χ4n) is 6.68. The highest BCUT2D eigenvalue weighted by Crippen LogP contribution is 2.41. The van der Waals surface area contributed by atoms with Crippen molar-refractivity contribution in [3.8, 4) is 39.5 Å². The van der Waals surface area contributed by atoms with E-state index >= 15 is 0 Å². The van der Waals surface area contributed by atoms with Gasteiger partial charge in [0.15, 0.2) is 11.4 Å². The van der Waals surface area contributed by atoms with E-state index in [2.05, 4.69) is 115 Å². The first-order valence-electron chi connectivity index (χ1n) is 15.2. The Kier molecular flexibility index (Phi) is 5.69. The Morgan fingerprint density at radius 2 is 1.20 bits per heavy atom. The zero-order valence-corrected chi connectivity index (χ0v) is 24.6. The number of nitrogens with zero attached hydrogens (tertiary/aromatic N) is 3. The van der Waals surface area contributed by atoms with Gasteiger partial charge in [0.1, 0.15) is 16.8 Å². The molecule has 4 nitrogen and oxygen atoms in total. The van der Waals surface area contributed by atoms with Crippen LogP contribution >= 0.6 is 0 Å². The first-order valence-corrected chi connectivity index (χ1v) is 15.2. The van der Waals surface area contributed by atoms with Crippen molar-refractivity contribution in [2.75, 3.05) is 0 Å². The molecule has 3 heterocycles. The molecule has 212 valence electrons. The maximum absolute atomic E-state index is 6.61. The molecule has 0 N–H and O–H groups in total. The molecule has 0 saturated heterocycles. The van der Waals surface area contributed by atoms with Crippen molar-refractivity contribution in [2.45, 2.75) is 6.92 Å². The number of hydrogen-bond acceptors (Lipinski definition) is 3. The van der Waals surface area contributed by atoms with E-state index in [-0.39, 0.29) is 0 Å². The molecule has 0 bridgehead atoms. The maximum Gasteiger partial charge on any atom is 0.180 e. The predicted molar refractivity (Wildman–Crippen MR) is 185 cm³/mol. The van der Waals surface area contributed by atoms with Gasteiger partial charge in [0, 0.05) is 27.6 Å². The Morgan fingerprint density at radius 3 is 1.91 bits per heavy atom. The van der Waals surface area contributed by atoms with Gasteiger partial charge in [0.25, 0.3) is 0 Å². The average Bonchev–Trinajstić information content (AvgIpc) is 3.64. The Bertz CT molecular complexity index is 2490. The number of hydrogen-bond donors (Lipinski definition) is 0. The van der Waals surface area contributed by atoms with Gasteiger partial charge in [-0.3, -0.25) is 0 Å². The average molecular weight is 578 g/mol. The highest BCUT2D eigenvalue weighted by molar-refractivity contribution is 6.14. The number of rotatable bonds is 4. The largest absolute Gasteiger partial charge is 0.452 e. The third kappa shape index (κ3) is 4.07. The summed E-state index contributed by atoms with van der Waals surface area (Å²) in [7, 11) is 0. The molecule has 0 fully saturated rings. The van der Waals surface area contributed by atoms with E-state index < -0.39 is 0 Å². The number of aryl methyl sites for hydroxylation is 1. The van der Waals surface area contributed by atoms with Gasteiger partial charge in [-0.25, -0.2) is 9.97 Å². The Hall–Kier alpha value is -6.00. The van der Waals surface area contributed by atoms with Crippen molar-refractivity contribution in [3.63, 3.8) is 0 Å². The monoisotopic (exact) mass is 577 g/mol. The second kappa shape index (κ2) is 10.0. The molecule has 3 aromatic heterocycles. The molecule has 0 aliphatic carbocycles. The number of aromatic nitrogens is 3. The summed E-state index contributed by atoms with van der Waals surface area (Å²) in [5, 5.41) is 3.48. The first-order chi connectivity index (χ1) is 22.2. The minimum absolute atomic E-state index is 0.676. The zero-order valence-electron chi connectivity index (χ0n) is 24.6. The third-order valence-electron chi connectivity index (χ3n) is 8.63. The van der Waals surface area contributed by atoms with Crippen LogP contribution in [0.15, 0.2) is 150 Å². The van der Waals surface area contributed by atoms with E-state index in [0.717, 1.165) is 50.1 Å². The molecular weight excluding hydrogens is 550 g/mol. The van der Waals surface area contributed by atoms with E-state index in [1.807, 2.05) is 42.5 Å². The topological polar surface area (TPSA) is 43.9 Å². The van der Waals surface area contributed by atoms with Gasteiger partial charge < -0.3 is 8.98 Å². The van der Waals surface area contributed by atoms with E-state index in [1.54, 1.807) is 0 Å². The Labute approximate surface area is 259 Å². The van der Waals surface area contributed by atoms with Crippen molar-refractivity contribution >= 4 is 43.9 Å². The quantitative estimate of drug-likeness (QED) is 0.209. The Balaban J connectivity index is 1.33. The fraction of sp³-hybridized carbons (Fsp3) is 0.0244. The second-order valence-electron chi connectivity index (χ2n) is 11.5. The van der Waals surface area contributed by atoms with E-state index in [4.69, 9.17) is 14.4 Å². The van der Waals surface area contributed by atoms with Crippen LogP contribution in [0.2, 0.25) is 0 Å². The summed E-state index contributed by atoms with van der Waals surface area (Å²) in [5.41, 5.74) is 11.9. The third-order valence-corrected chi connectivity index (χ3v) is 8.63. The summed E-state index contributed by atoms with van der Waals surface area (Å²) in [6.45, 7) is 2.16. The van der Waals surface area contributed by atoms with Crippen molar-refractivity contribution in [2.24, 2.45) is 0 Å².